The highest BCUT2D eigenvalue weighted by molar-refractivity contribution is 8.13. The smallest absolute Gasteiger partial charge is 0.186 e. The van der Waals surface area contributed by atoms with E-state index in [0.29, 0.717) is 0 Å². The van der Waals surface area contributed by atoms with Gasteiger partial charge in [0.25, 0.3) is 0 Å². The average molecular weight is 206 g/mol. The molecule has 1 aromatic carbocycles. The molecule has 0 fully saturated rings. The minimum atomic E-state index is 0.0769. The fraction of sp³-hybridized carbons (Fsp3) is 0.250. The molecule has 0 aliphatic carbocycles. The Hall–Kier alpha value is -1.02. The van der Waals surface area contributed by atoms with Gasteiger partial charge in [0.15, 0.2) is 5.12 Å². The van der Waals surface area contributed by atoms with Crippen molar-refractivity contribution in [3.05, 3.63) is 48.0 Å². The highest BCUT2D eigenvalue weighted by Gasteiger charge is 2.09. The number of hydrogen-bond acceptors (Lipinski definition) is 2. The van der Waals surface area contributed by atoms with Gasteiger partial charge in [-0.15, -0.1) is 6.58 Å². The molecular weight excluding hydrogens is 192 g/mol. The summed E-state index contributed by atoms with van der Waals surface area (Å²) in [6, 6.07) is 8.17. The highest BCUT2D eigenvalue weighted by Crippen LogP contribution is 2.30. The lowest BCUT2D eigenvalue weighted by Crippen LogP contribution is -1.93. The minimum absolute atomic E-state index is 0.0769. The van der Waals surface area contributed by atoms with E-state index in [4.69, 9.17) is 0 Å². The zero-order chi connectivity index (χ0) is 10.6. The molecule has 74 valence electrons. The second-order valence-corrected chi connectivity index (χ2v) is 4.49. The Morgan fingerprint density at radius 1 is 1.43 bits per heavy atom. The van der Waals surface area contributed by atoms with E-state index in [2.05, 4.69) is 6.58 Å². The van der Waals surface area contributed by atoms with Gasteiger partial charge in [0.05, 0.1) is 5.25 Å². The maximum absolute atomic E-state index is 11.0. The van der Waals surface area contributed by atoms with Gasteiger partial charge in [-0.2, -0.15) is 0 Å². The van der Waals surface area contributed by atoms with E-state index in [9.17, 15) is 4.79 Å². The zero-order valence-electron chi connectivity index (χ0n) is 8.49. The van der Waals surface area contributed by atoms with Crippen molar-refractivity contribution in [3.63, 3.8) is 0 Å². The van der Waals surface area contributed by atoms with Gasteiger partial charge in [0.1, 0.15) is 0 Å². The fourth-order valence-corrected chi connectivity index (χ4v) is 1.93. The first-order chi connectivity index (χ1) is 6.63. The quantitative estimate of drug-likeness (QED) is 0.704. The molecule has 0 radical (unpaired) electrons. The average Bonchev–Trinajstić information content (AvgIpc) is 2.15. The maximum atomic E-state index is 11.0. The summed E-state index contributed by atoms with van der Waals surface area (Å²) in [4.78, 5) is 11.0. The van der Waals surface area contributed by atoms with Crippen molar-refractivity contribution in [2.75, 3.05) is 0 Å². The number of hydrogen-bond donors (Lipinski definition) is 0. The van der Waals surface area contributed by atoms with Gasteiger partial charge in [0, 0.05) is 6.92 Å². The third kappa shape index (κ3) is 3.04. The fourth-order valence-electron chi connectivity index (χ4n) is 1.19. The lowest BCUT2D eigenvalue weighted by atomic mass is 10.1. The zero-order valence-corrected chi connectivity index (χ0v) is 9.30. The molecule has 1 atom stereocenters. The first kappa shape index (κ1) is 11.1. The second kappa shape index (κ2) is 5.01. The van der Waals surface area contributed by atoms with Crippen molar-refractivity contribution in [2.45, 2.75) is 19.1 Å². The van der Waals surface area contributed by atoms with Crippen LogP contribution in [0.5, 0.6) is 0 Å². The molecule has 0 aliphatic rings. The molecule has 1 rings (SSSR count). The van der Waals surface area contributed by atoms with Gasteiger partial charge < -0.3 is 0 Å². The number of benzene rings is 1. The van der Waals surface area contributed by atoms with Crippen LogP contribution in [0.3, 0.4) is 0 Å². The van der Waals surface area contributed by atoms with Crippen LogP contribution < -0.4 is 0 Å². The van der Waals surface area contributed by atoms with Crippen LogP contribution in [-0.4, -0.2) is 5.12 Å². The Kier molecular flexibility index (Phi) is 3.96. The second-order valence-electron chi connectivity index (χ2n) is 3.18. The largest absolute Gasteiger partial charge is 0.288 e. The molecule has 1 aromatic rings. The van der Waals surface area contributed by atoms with E-state index >= 15 is 0 Å². The van der Waals surface area contributed by atoms with Crippen LogP contribution >= 0.6 is 11.8 Å². The summed E-state index contributed by atoms with van der Waals surface area (Å²) in [7, 11) is 0. The van der Waals surface area contributed by atoms with E-state index in [0.717, 1.165) is 5.56 Å². The Morgan fingerprint density at radius 2 is 2.00 bits per heavy atom. The van der Waals surface area contributed by atoms with Crippen molar-refractivity contribution < 1.29 is 4.79 Å². The van der Waals surface area contributed by atoms with Gasteiger partial charge in [0.2, 0.25) is 0 Å². The van der Waals surface area contributed by atoms with Gasteiger partial charge in [-0.1, -0.05) is 47.7 Å². The highest BCUT2D eigenvalue weighted by atomic mass is 32.2. The predicted octanol–water partition coefficient (Wildman–Crippen LogP) is 3.50. The van der Waals surface area contributed by atoms with Crippen molar-refractivity contribution in [1.82, 2.24) is 0 Å². The molecule has 0 spiro atoms. The summed E-state index contributed by atoms with van der Waals surface area (Å²) >= 11 is 1.30. The van der Waals surface area contributed by atoms with E-state index < -0.39 is 0 Å². The third-order valence-electron chi connectivity index (χ3n) is 1.91. The molecule has 0 heterocycles. The number of thioether (sulfide) groups is 1. The summed E-state index contributed by atoms with van der Waals surface area (Å²) in [5.74, 6) is 0. The predicted molar refractivity (Wildman–Crippen MR) is 62.4 cm³/mol. The number of aryl methyl sites for hydroxylation is 1. The first-order valence-electron chi connectivity index (χ1n) is 4.50. The van der Waals surface area contributed by atoms with Crippen molar-refractivity contribution in [2.24, 2.45) is 0 Å². The molecule has 0 aromatic heterocycles. The van der Waals surface area contributed by atoms with Gasteiger partial charge in [-0.3, -0.25) is 4.79 Å². The Balaban J connectivity index is 2.84. The van der Waals surface area contributed by atoms with Crippen LogP contribution in [0.15, 0.2) is 36.9 Å². The molecule has 0 unspecified atom stereocenters. The normalized spacial score (nSPS) is 12.1. The van der Waals surface area contributed by atoms with E-state index in [1.54, 1.807) is 13.0 Å². The van der Waals surface area contributed by atoms with Gasteiger partial charge in [-0.25, -0.2) is 0 Å². The number of carbonyl (C=O) groups is 1. The van der Waals surface area contributed by atoms with Crippen LogP contribution in [0.4, 0.5) is 0 Å². The maximum Gasteiger partial charge on any atom is 0.186 e. The van der Waals surface area contributed by atoms with E-state index in [1.807, 2.05) is 31.2 Å². The SMILES string of the molecule is C=C[C@H](SC(C)=O)c1ccc(C)cc1. The van der Waals surface area contributed by atoms with Crippen molar-refractivity contribution in [3.8, 4) is 0 Å². The molecule has 0 aliphatic heterocycles. The summed E-state index contributed by atoms with van der Waals surface area (Å²) in [5.41, 5.74) is 2.36. The van der Waals surface area contributed by atoms with Gasteiger partial charge >= 0.3 is 0 Å². The van der Waals surface area contributed by atoms with Crippen LogP contribution in [0, 0.1) is 6.92 Å². The molecule has 14 heavy (non-hydrogen) atoms. The van der Waals surface area contributed by atoms with Crippen LogP contribution in [-0.2, 0) is 4.79 Å². The Labute approximate surface area is 89.2 Å². The minimum Gasteiger partial charge on any atom is -0.288 e. The molecule has 2 heteroatoms. The van der Waals surface area contributed by atoms with Crippen LogP contribution in [0.2, 0.25) is 0 Å². The molecule has 0 bridgehead atoms. The molecule has 0 N–H and O–H groups in total. The van der Waals surface area contributed by atoms with Crippen LogP contribution in [0.1, 0.15) is 23.3 Å². The summed E-state index contributed by atoms with van der Waals surface area (Å²) in [5, 5.41) is 0.198. The molecular formula is C12H14OS. The Morgan fingerprint density at radius 3 is 2.43 bits per heavy atom. The first-order valence-corrected chi connectivity index (χ1v) is 5.38. The standard InChI is InChI=1S/C12H14OS/c1-4-12(14-10(3)13)11-7-5-9(2)6-8-11/h4-8,12H,1H2,2-3H3/t12-/m0/s1. The van der Waals surface area contributed by atoms with Crippen molar-refractivity contribution >= 4 is 16.9 Å². The summed E-state index contributed by atoms with van der Waals surface area (Å²) in [6.07, 6.45) is 1.80. The van der Waals surface area contributed by atoms with E-state index in [1.165, 1.54) is 17.3 Å². The lowest BCUT2D eigenvalue weighted by Gasteiger charge is -2.10. The Bertz CT molecular complexity index is 327. The molecule has 1 nitrogen and oxygen atoms in total. The van der Waals surface area contributed by atoms with Crippen molar-refractivity contribution in [1.29, 1.82) is 0 Å². The topological polar surface area (TPSA) is 17.1 Å². The van der Waals surface area contributed by atoms with Crippen LogP contribution in [0.25, 0.3) is 0 Å². The number of rotatable bonds is 3. The molecule has 0 amide bonds. The molecule has 0 saturated heterocycles. The molecule has 0 saturated carbocycles. The summed E-state index contributed by atoms with van der Waals surface area (Å²) < 4.78 is 0. The lowest BCUT2D eigenvalue weighted by molar-refractivity contribution is -0.109. The monoisotopic (exact) mass is 206 g/mol. The van der Waals surface area contributed by atoms with E-state index in [-0.39, 0.29) is 10.4 Å². The summed E-state index contributed by atoms with van der Waals surface area (Å²) in [6.45, 7) is 7.36. The number of carbonyl (C=O) groups excluding carboxylic acids is 1. The third-order valence-corrected chi connectivity index (χ3v) is 2.96. The van der Waals surface area contributed by atoms with Gasteiger partial charge in [-0.05, 0) is 12.5 Å².